The molecule has 4 atom stereocenters. The maximum absolute atomic E-state index is 10.5. The second-order valence-electron chi connectivity index (χ2n) is 4.36. The van der Waals surface area contributed by atoms with Gasteiger partial charge in [-0.1, -0.05) is 43.2 Å². The topological polar surface area (TPSA) is 127 Å². The predicted octanol–water partition coefficient (Wildman–Crippen LogP) is 1.63. The van der Waals surface area contributed by atoms with E-state index in [1.165, 1.54) is 0 Å². The summed E-state index contributed by atoms with van der Waals surface area (Å²) < 4.78 is 38.5. The molecule has 22 heavy (non-hydrogen) atoms. The largest absolute Gasteiger partial charge is 0.327 e. The number of nitrogens with two attached hydrogens (primary N) is 2. The molecule has 0 saturated heterocycles. The van der Waals surface area contributed by atoms with E-state index < -0.39 is 22.2 Å². The van der Waals surface area contributed by atoms with Crippen LogP contribution in [0.3, 0.4) is 0 Å². The zero-order valence-corrected chi connectivity index (χ0v) is 17.0. The first-order valence-electron chi connectivity index (χ1n) is 6.56. The molecule has 12 heteroatoms. The second kappa shape index (κ2) is 16.0. The molecule has 6 N–H and O–H groups in total. The van der Waals surface area contributed by atoms with Gasteiger partial charge in [0.15, 0.2) is 22.2 Å². The molecule has 0 aromatic carbocycles. The van der Waals surface area contributed by atoms with Crippen LogP contribution in [0.1, 0.15) is 12.8 Å². The summed E-state index contributed by atoms with van der Waals surface area (Å²) >= 11 is -3.61. The van der Waals surface area contributed by atoms with Crippen molar-refractivity contribution >= 4 is 65.3 Å². The molecule has 0 fully saturated rings. The van der Waals surface area contributed by atoms with Crippen molar-refractivity contribution in [1.29, 1.82) is 0 Å². The van der Waals surface area contributed by atoms with Crippen molar-refractivity contribution in [2.75, 3.05) is 34.5 Å². The fourth-order valence-corrected chi connectivity index (χ4v) is 7.33. The molecule has 0 amide bonds. The Morgan fingerprint density at radius 2 is 1.05 bits per heavy atom. The van der Waals surface area contributed by atoms with Crippen molar-refractivity contribution in [3.63, 3.8) is 0 Å². The van der Waals surface area contributed by atoms with Gasteiger partial charge in [0.05, 0.1) is 11.5 Å². The molecule has 0 aromatic heterocycles. The molecule has 0 saturated carbocycles. The predicted molar refractivity (Wildman–Crippen MR) is 106 cm³/mol. The minimum Gasteiger partial charge on any atom is -0.327 e. The van der Waals surface area contributed by atoms with Crippen LogP contribution < -0.4 is 11.5 Å². The molecule has 0 aromatic rings. The molecule has 6 nitrogen and oxygen atoms in total. The standard InChI is InChI=1S/C10H24N2O4S6/c11-9(7-21(13)14)1-3-17-19-5-6-20-18-4-2-10(12)8-22(15)16/h9-10H,1-8,11-12H2,(H,13,14)(H,15,16)/t9-,10-/m1/s1. The Bertz CT molecular complexity index is 296. The summed E-state index contributed by atoms with van der Waals surface area (Å²) in [4.78, 5) is 0. The molecule has 0 aliphatic rings. The molecular weight excluding hydrogens is 405 g/mol. The van der Waals surface area contributed by atoms with Gasteiger partial charge in [0.25, 0.3) is 0 Å². The highest BCUT2D eigenvalue weighted by Crippen LogP contribution is 2.28. The summed E-state index contributed by atoms with van der Waals surface area (Å²) in [5.74, 6) is 4.10. The average Bonchev–Trinajstić information content (AvgIpc) is 2.39. The highest BCUT2D eigenvalue weighted by molar-refractivity contribution is 8.78. The monoisotopic (exact) mass is 428 g/mol. The SMILES string of the molecule is N[C@H](CCSSCCSSCC[C@@H](N)CS(=O)O)CS(=O)O. The second-order valence-corrected chi connectivity index (χ2v) is 11.7. The molecule has 0 bridgehead atoms. The molecule has 134 valence electrons. The van der Waals surface area contributed by atoms with E-state index in [1.54, 1.807) is 43.2 Å². The van der Waals surface area contributed by atoms with E-state index >= 15 is 0 Å². The van der Waals surface area contributed by atoms with Crippen LogP contribution in [0.5, 0.6) is 0 Å². The van der Waals surface area contributed by atoms with E-state index in [0.29, 0.717) is 0 Å². The van der Waals surface area contributed by atoms with Gasteiger partial charge in [0, 0.05) is 35.1 Å². The lowest BCUT2D eigenvalue weighted by molar-refractivity contribution is 0.552. The van der Waals surface area contributed by atoms with Gasteiger partial charge in [-0.05, 0) is 12.8 Å². The number of hydrogen-bond donors (Lipinski definition) is 4. The summed E-state index contributed by atoms with van der Waals surface area (Å²) in [5, 5.41) is 0. The van der Waals surface area contributed by atoms with Crippen LogP contribution in [0.2, 0.25) is 0 Å². The highest BCUT2D eigenvalue weighted by atomic mass is 33.1. The summed E-state index contributed by atoms with van der Waals surface area (Å²) in [6, 6.07) is -0.414. The van der Waals surface area contributed by atoms with Gasteiger partial charge in [-0.25, -0.2) is 8.42 Å². The summed E-state index contributed by atoms with van der Waals surface area (Å²) in [5.41, 5.74) is 11.4. The van der Waals surface area contributed by atoms with Gasteiger partial charge in [-0.2, -0.15) is 0 Å². The molecule has 0 aliphatic carbocycles. The van der Waals surface area contributed by atoms with Crippen molar-refractivity contribution < 1.29 is 17.5 Å². The third-order valence-corrected chi connectivity index (χ3v) is 8.84. The van der Waals surface area contributed by atoms with Gasteiger partial charge >= 0.3 is 0 Å². The molecule has 0 spiro atoms. The third-order valence-electron chi connectivity index (χ3n) is 2.27. The van der Waals surface area contributed by atoms with E-state index in [-0.39, 0.29) is 23.6 Å². The molecule has 0 rings (SSSR count). The lowest BCUT2D eigenvalue weighted by Gasteiger charge is -2.08. The van der Waals surface area contributed by atoms with E-state index in [4.69, 9.17) is 20.6 Å². The van der Waals surface area contributed by atoms with Gasteiger partial charge in [0.1, 0.15) is 0 Å². The molecule has 2 unspecified atom stereocenters. The Kier molecular flexibility index (Phi) is 17.2. The Balaban J connectivity index is 3.24. The van der Waals surface area contributed by atoms with Crippen molar-refractivity contribution in [2.24, 2.45) is 11.5 Å². The number of hydrogen-bond acceptors (Lipinski definition) is 8. The maximum atomic E-state index is 10.5. The molecule has 0 heterocycles. The quantitative estimate of drug-likeness (QED) is 0.174. The van der Waals surface area contributed by atoms with Crippen LogP contribution in [-0.2, 0) is 22.2 Å². The molecule has 0 aliphatic heterocycles. The van der Waals surface area contributed by atoms with Crippen LogP contribution in [0.4, 0.5) is 0 Å². The van der Waals surface area contributed by atoms with Crippen LogP contribution in [0, 0.1) is 0 Å². The lowest BCUT2D eigenvalue weighted by Crippen LogP contribution is -2.27. The Labute approximate surface area is 153 Å². The summed E-state index contributed by atoms with van der Waals surface area (Å²) in [6.45, 7) is 0. The minimum absolute atomic E-state index is 0.143. The minimum atomic E-state index is -1.80. The van der Waals surface area contributed by atoms with E-state index in [0.717, 1.165) is 35.9 Å². The van der Waals surface area contributed by atoms with E-state index in [1.807, 2.05) is 0 Å². The summed E-state index contributed by atoms with van der Waals surface area (Å²) in [7, 11) is 7.03. The normalized spacial score (nSPS) is 17.1. The van der Waals surface area contributed by atoms with Crippen LogP contribution in [-0.4, -0.2) is 64.1 Å². The number of rotatable bonds is 15. The summed E-state index contributed by atoms with van der Waals surface area (Å²) in [6.07, 6.45) is 1.49. The first kappa shape index (κ1) is 23.5. The van der Waals surface area contributed by atoms with Gasteiger partial charge in [0.2, 0.25) is 0 Å². The van der Waals surface area contributed by atoms with Gasteiger partial charge in [-0.15, -0.1) is 0 Å². The van der Waals surface area contributed by atoms with Crippen LogP contribution >= 0.6 is 43.2 Å². The Morgan fingerprint density at radius 1 is 0.727 bits per heavy atom. The van der Waals surface area contributed by atoms with Crippen LogP contribution in [0.15, 0.2) is 0 Å². The Morgan fingerprint density at radius 3 is 1.36 bits per heavy atom. The Hall–Kier alpha value is 1.54. The van der Waals surface area contributed by atoms with E-state index in [2.05, 4.69) is 0 Å². The average molecular weight is 429 g/mol. The van der Waals surface area contributed by atoms with Gasteiger partial charge < -0.3 is 20.6 Å². The van der Waals surface area contributed by atoms with Gasteiger partial charge in [-0.3, -0.25) is 0 Å². The van der Waals surface area contributed by atoms with Crippen molar-refractivity contribution in [1.82, 2.24) is 0 Å². The zero-order chi connectivity index (χ0) is 16.8. The van der Waals surface area contributed by atoms with Crippen LogP contribution in [0.25, 0.3) is 0 Å². The van der Waals surface area contributed by atoms with Crippen molar-refractivity contribution in [3.05, 3.63) is 0 Å². The molecular formula is C10H24N2O4S6. The van der Waals surface area contributed by atoms with Crippen molar-refractivity contribution in [2.45, 2.75) is 24.9 Å². The smallest absolute Gasteiger partial charge is 0.154 e. The van der Waals surface area contributed by atoms with E-state index in [9.17, 15) is 8.42 Å². The van der Waals surface area contributed by atoms with Crippen molar-refractivity contribution in [3.8, 4) is 0 Å². The first-order chi connectivity index (χ1) is 10.4. The lowest BCUT2D eigenvalue weighted by atomic mass is 10.3. The fourth-order valence-electron chi connectivity index (χ4n) is 1.24. The third kappa shape index (κ3) is 17.9. The zero-order valence-electron chi connectivity index (χ0n) is 12.1. The molecule has 0 radical (unpaired) electrons. The first-order valence-corrected chi connectivity index (χ1v) is 14.1. The highest BCUT2D eigenvalue weighted by Gasteiger charge is 2.07. The fraction of sp³-hybridized carbons (Fsp3) is 1.00. The maximum Gasteiger partial charge on any atom is 0.154 e.